The number of benzene rings is 5. The first-order valence-corrected chi connectivity index (χ1v) is 24.8. The number of allylic oxidation sites excluding steroid dienone is 1. The number of hydrogen-bond donors (Lipinski definition) is 0. The average Bonchev–Trinajstić information content (AvgIpc) is 3.54. The zero-order chi connectivity index (χ0) is 28.3. The molecule has 5 aromatic carbocycles. The van der Waals surface area contributed by atoms with Crippen LogP contribution in [0.3, 0.4) is 0 Å². The van der Waals surface area contributed by atoms with Gasteiger partial charge in [0.1, 0.15) is 0 Å². The maximum absolute atomic E-state index is 7.81. The Morgan fingerprint density at radius 2 is 1.37 bits per heavy atom. The van der Waals surface area contributed by atoms with Crippen LogP contribution in [0.1, 0.15) is 47.0 Å². The van der Waals surface area contributed by atoms with Crippen molar-refractivity contribution in [3.05, 3.63) is 131 Å². The molecule has 0 saturated heterocycles. The molecule has 0 fully saturated rings. The average molecular weight is 667 g/mol. The van der Waals surface area contributed by atoms with Crippen LogP contribution in [0, 0.1) is 0 Å². The summed E-state index contributed by atoms with van der Waals surface area (Å²) < 4.78 is 1.35. The Bertz CT molecular complexity index is 1840. The number of halogens is 2. The van der Waals surface area contributed by atoms with Crippen molar-refractivity contribution in [3.8, 4) is 33.4 Å². The van der Waals surface area contributed by atoms with Gasteiger partial charge in [0.2, 0.25) is 0 Å². The molecule has 202 valence electrons. The van der Waals surface area contributed by atoms with Crippen LogP contribution >= 0.6 is 17.0 Å². The molecule has 0 bridgehead atoms. The summed E-state index contributed by atoms with van der Waals surface area (Å²) in [7, 11) is 15.0. The second-order valence-electron chi connectivity index (χ2n) is 11.7. The van der Waals surface area contributed by atoms with Crippen LogP contribution in [-0.4, -0.2) is 9.52 Å². The van der Waals surface area contributed by atoms with E-state index in [4.69, 9.17) is 17.0 Å². The summed E-state index contributed by atoms with van der Waals surface area (Å²) in [6.07, 6.45) is 2.39. The summed E-state index contributed by atoms with van der Waals surface area (Å²) in [5, 5.41) is 2.98. The third-order valence-electron chi connectivity index (χ3n) is 8.93. The van der Waals surface area contributed by atoms with Crippen LogP contribution in [0.4, 0.5) is 0 Å². The van der Waals surface area contributed by atoms with Crippen molar-refractivity contribution in [2.24, 2.45) is 0 Å². The van der Waals surface area contributed by atoms with E-state index in [1.54, 1.807) is 0 Å². The molecule has 0 amide bonds. The van der Waals surface area contributed by atoms with E-state index in [-0.39, 0.29) is 3.63 Å². The molecule has 0 spiro atoms. The van der Waals surface area contributed by atoms with Gasteiger partial charge in [-0.15, -0.1) is 0 Å². The Kier molecular flexibility index (Phi) is 7.11. The molecule has 7 rings (SSSR count). The Morgan fingerprint density at radius 3 is 2.15 bits per heavy atom. The molecule has 0 radical (unpaired) electrons. The van der Waals surface area contributed by atoms with Crippen molar-refractivity contribution < 1.29 is 17.9 Å². The fourth-order valence-corrected chi connectivity index (χ4v) is 24.2. The standard InChI is InChI=1S/C25H23.C12H9Si.2ClH.Zr/c1-17(2)21-11-7-8-12-23(21)25-22(19-9-5-4-6-10-19)14-13-20-15-18(3)16-24(20)25;1-3-7-11-9(5-1)10-6-2-4-8-12(10)13-11;;;/h4-17H,1-3H3;1-7H,13H2;2*1H;/q;;;;+2/p-2. The van der Waals surface area contributed by atoms with E-state index in [9.17, 15) is 0 Å². The molecule has 5 aromatic rings. The van der Waals surface area contributed by atoms with Gasteiger partial charge in [-0.3, -0.25) is 0 Å². The van der Waals surface area contributed by atoms with Gasteiger partial charge in [-0.25, -0.2) is 0 Å². The first kappa shape index (κ1) is 27.4. The van der Waals surface area contributed by atoms with E-state index < -0.39 is 27.4 Å². The summed E-state index contributed by atoms with van der Waals surface area (Å²) in [5.41, 5.74) is 13.1. The third kappa shape index (κ3) is 4.50. The Labute approximate surface area is 257 Å². The molecule has 1 aliphatic carbocycles. The molecule has 0 saturated carbocycles. The molecular formula is C37H32Cl2SiZr. The molecule has 1 heterocycles. The van der Waals surface area contributed by atoms with Crippen LogP contribution in [0.15, 0.2) is 115 Å². The number of rotatable bonds is 5. The Balaban J connectivity index is 1.43. The molecule has 1 unspecified atom stereocenters. The number of fused-ring (bicyclic) bond motifs is 4. The fraction of sp³-hybridized carbons (Fsp3) is 0.135. The van der Waals surface area contributed by atoms with E-state index in [0.29, 0.717) is 5.92 Å². The fourth-order valence-electron chi connectivity index (χ4n) is 7.08. The van der Waals surface area contributed by atoms with Crippen LogP contribution in [-0.2, 0) is 17.9 Å². The van der Waals surface area contributed by atoms with E-state index in [1.165, 1.54) is 69.3 Å². The molecule has 4 heteroatoms. The summed E-state index contributed by atoms with van der Waals surface area (Å²) >= 11 is -3.98. The van der Waals surface area contributed by atoms with Crippen molar-refractivity contribution >= 4 is 46.3 Å². The summed E-state index contributed by atoms with van der Waals surface area (Å²) in [6, 6.07) is 39.9. The Morgan fingerprint density at radius 1 is 0.683 bits per heavy atom. The van der Waals surface area contributed by atoms with Gasteiger partial charge in [0.25, 0.3) is 0 Å². The van der Waals surface area contributed by atoms with Gasteiger partial charge in [-0.05, 0) is 0 Å². The SMILES string of the molecule is CC1=Cc2c(ccc(-c3ccccc3)c2-c2ccccc2C(C)C)[CH]1[Zr]([Cl])([Cl])[c]1cccc2c1[SiH2]c1ccccc1-2. The van der Waals surface area contributed by atoms with Crippen molar-refractivity contribution in [2.75, 3.05) is 0 Å². The summed E-state index contributed by atoms with van der Waals surface area (Å²) in [5.74, 6) is 0.408. The van der Waals surface area contributed by atoms with E-state index >= 15 is 0 Å². The molecule has 2 aliphatic rings. The minimum absolute atomic E-state index is 0.0710. The molecule has 1 aliphatic heterocycles. The first-order chi connectivity index (χ1) is 19.9. The maximum atomic E-state index is 7.81. The molecule has 1 atom stereocenters. The van der Waals surface area contributed by atoms with Crippen molar-refractivity contribution in [3.63, 3.8) is 0 Å². The molecule has 0 nitrogen and oxygen atoms in total. The van der Waals surface area contributed by atoms with Gasteiger partial charge in [0, 0.05) is 0 Å². The van der Waals surface area contributed by atoms with Crippen LogP contribution < -0.4 is 13.6 Å². The van der Waals surface area contributed by atoms with E-state index in [2.05, 4.69) is 136 Å². The van der Waals surface area contributed by atoms with Gasteiger partial charge in [-0.1, -0.05) is 0 Å². The number of hydrogen-bond acceptors (Lipinski definition) is 0. The van der Waals surface area contributed by atoms with E-state index in [0.717, 1.165) is 0 Å². The Hall–Kier alpha value is -2.48. The molecular weight excluding hydrogens is 635 g/mol. The van der Waals surface area contributed by atoms with Gasteiger partial charge in [0.15, 0.2) is 0 Å². The van der Waals surface area contributed by atoms with Crippen LogP contribution in [0.2, 0.25) is 0 Å². The quantitative estimate of drug-likeness (QED) is 0.162. The summed E-state index contributed by atoms with van der Waals surface area (Å²) in [6.45, 7) is 6.81. The third-order valence-corrected chi connectivity index (χ3v) is 23.5. The second-order valence-corrected chi connectivity index (χ2v) is 27.5. The van der Waals surface area contributed by atoms with Gasteiger partial charge >= 0.3 is 259 Å². The molecule has 0 N–H and O–H groups in total. The zero-order valence-corrected chi connectivity index (χ0v) is 29.0. The first-order valence-electron chi connectivity index (χ1n) is 14.4. The van der Waals surface area contributed by atoms with Gasteiger partial charge < -0.3 is 0 Å². The van der Waals surface area contributed by atoms with Gasteiger partial charge in [0.05, 0.1) is 0 Å². The van der Waals surface area contributed by atoms with Gasteiger partial charge in [-0.2, -0.15) is 0 Å². The molecule has 0 aromatic heterocycles. The van der Waals surface area contributed by atoms with Crippen molar-refractivity contribution in [1.82, 2.24) is 0 Å². The predicted molar refractivity (Wildman–Crippen MR) is 179 cm³/mol. The van der Waals surface area contributed by atoms with E-state index in [1.807, 2.05) is 0 Å². The zero-order valence-electron chi connectivity index (χ0n) is 23.6. The normalized spacial score (nSPS) is 16.0. The summed E-state index contributed by atoms with van der Waals surface area (Å²) in [4.78, 5) is 0. The van der Waals surface area contributed by atoms with Crippen molar-refractivity contribution in [2.45, 2.75) is 30.3 Å². The van der Waals surface area contributed by atoms with Crippen LogP contribution in [0.5, 0.6) is 0 Å². The predicted octanol–water partition coefficient (Wildman–Crippen LogP) is 8.49. The van der Waals surface area contributed by atoms with Crippen molar-refractivity contribution in [1.29, 1.82) is 0 Å². The minimum atomic E-state index is -3.98. The second kappa shape index (κ2) is 10.7. The topological polar surface area (TPSA) is 0 Å². The molecule has 41 heavy (non-hydrogen) atoms. The van der Waals surface area contributed by atoms with Crippen LogP contribution in [0.25, 0.3) is 39.5 Å². The monoisotopic (exact) mass is 664 g/mol.